The predicted octanol–water partition coefficient (Wildman–Crippen LogP) is 4.56. The van der Waals surface area contributed by atoms with E-state index in [0.29, 0.717) is 18.8 Å². The zero-order valence-electron chi connectivity index (χ0n) is 13.6. The van der Waals surface area contributed by atoms with Gasteiger partial charge in [-0.15, -0.1) is 11.3 Å². The molecule has 1 saturated carbocycles. The maximum absolute atomic E-state index is 13.1. The summed E-state index contributed by atoms with van der Waals surface area (Å²) in [6.07, 6.45) is 0.580. The van der Waals surface area contributed by atoms with Crippen molar-refractivity contribution in [2.24, 2.45) is 11.8 Å². The number of hydrogen-bond acceptors (Lipinski definition) is 4. The Labute approximate surface area is 157 Å². The van der Waals surface area contributed by atoms with Gasteiger partial charge in [-0.1, -0.05) is 6.92 Å². The Kier molecular flexibility index (Phi) is 6.97. The number of thiophene rings is 1. The molecule has 0 atom stereocenters. The molecule has 2 rings (SSSR count). The molecule has 0 bridgehead atoms. The van der Waals surface area contributed by atoms with Crippen molar-refractivity contribution in [3.63, 3.8) is 0 Å². The summed E-state index contributed by atoms with van der Waals surface area (Å²) in [6.45, 7) is 1.43. The molecule has 1 heterocycles. The van der Waals surface area contributed by atoms with Gasteiger partial charge in [0, 0.05) is 5.92 Å². The standard InChI is InChI=1S/C16H20F2INO3S/c1-9-3-5-10(6-4-9)15(21)20(8-12(17)18)11-7-13(19)24-14(11)16(22)23-2/h7,9-10,12H,3-6,8H2,1-2H3/t9-,10-. The van der Waals surface area contributed by atoms with Crippen molar-refractivity contribution in [2.45, 2.75) is 39.0 Å². The number of anilines is 1. The van der Waals surface area contributed by atoms with E-state index >= 15 is 0 Å². The van der Waals surface area contributed by atoms with Crippen LogP contribution >= 0.6 is 33.9 Å². The van der Waals surface area contributed by atoms with Crippen molar-refractivity contribution in [3.8, 4) is 0 Å². The molecule has 0 saturated heterocycles. The van der Waals surface area contributed by atoms with E-state index in [2.05, 4.69) is 6.92 Å². The van der Waals surface area contributed by atoms with Crippen molar-refractivity contribution < 1.29 is 23.1 Å². The lowest BCUT2D eigenvalue weighted by molar-refractivity contribution is -0.124. The summed E-state index contributed by atoms with van der Waals surface area (Å²) in [4.78, 5) is 26.1. The van der Waals surface area contributed by atoms with Crippen LogP contribution in [0.2, 0.25) is 0 Å². The SMILES string of the molecule is COC(=O)c1sc(I)cc1N(CC(F)F)C(=O)[C@H]1CC[C@H](C)CC1. The van der Waals surface area contributed by atoms with Crippen molar-refractivity contribution in [1.82, 2.24) is 0 Å². The highest BCUT2D eigenvalue weighted by Gasteiger charge is 2.33. The molecule has 0 unspecified atom stereocenters. The molecule has 4 nitrogen and oxygen atoms in total. The highest BCUT2D eigenvalue weighted by Crippen LogP contribution is 2.36. The summed E-state index contributed by atoms with van der Waals surface area (Å²) in [7, 11) is 1.24. The topological polar surface area (TPSA) is 46.6 Å². The van der Waals surface area contributed by atoms with E-state index in [1.54, 1.807) is 6.07 Å². The van der Waals surface area contributed by atoms with Gasteiger partial charge in [0.1, 0.15) is 4.88 Å². The van der Waals surface area contributed by atoms with Crippen LogP contribution in [0.3, 0.4) is 0 Å². The van der Waals surface area contributed by atoms with Crippen LogP contribution in [0, 0.1) is 14.7 Å². The summed E-state index contributed by atoms with van der Waals surface area (Å²) in [5.74, 6) is -0.628. The molecule has 24 heavy (non-hydrogen) atoms. The second kappa shape index (κ2) is 8.55. The normalized spacial score (nSPS) is 20.9. The minimum absolute atomic E-state index is 0.195. The van der Waals surface area contributed by atoms with Crippen LogP contribution in [0.5, 0.6) is 0 Å². The van der Waals surface area contributed by atoms with Gasteiger partial charge < -0.3 is 9.64 Å². The largest absolute Gasteiger partial charge is 0.465 e. The third-order valence-corrected chi connectivity index (χ3v) is 6.16. The quantitative estimate of drug-likeness (QED) is 0.467. The van der Waals surface area contributed by atoms with Crippen LogP contribution in [0.4, 0.5) is 14.5 Å². The fraction of sp³-hybridized carbons (Fsp3) is 0.625. The van der Waals surface area contributed by atoms with Gasteiger partial charge in [0.2, 0.25) is 5.91 Å². The number of amides is 1. The number of esters is 1. The number of alkyl halides is 2. The van der Waals surface area contributed by atoms with E-state index in [-0.39, 0.29) is 22.4 Å². The Morgan fingerprint density at radius 2 is 2.00 bits per heavy atom. The van der Waals surface area contributed by atoms with Gasteiger partial charge in [0.05, 0.1) is 22.2 Å². The zero-order valence-corrected chi connectivity index (χ0v) is 16.5. The summed E-state index contributed by atoms with van der Waals surface area (Å²) in [5.41, 5.74) is 0.236. The van der Waals surface area contributed by atoms with Gasteiger partial charge in [0.25, 0.3) is 6.43 Å². The molecule has 0 radical (unpaired) electrons. The van der Waals surface area contributed by atoms with E-state index in [0.717, 1.165) is 32.0 Å². The van der Waals surface area contributed by atoms with Gasteiger partial charge >= 0.3 is 5.97 Å². The Morgan fingerprint density at radius 1 is 1.38 bits per heavy atom. The third kappa shape index (κ3) is 4.65. The fourth-order valence-electron chi connectivity index (χ4n) is 2.96. The molecule has 8 heteroatoms. The Hall–Kier alpha value is -0.770. The maximum Gasteiger partial charge on any atom is 0.350 e. The molecule has 134 valence electrons. The van der Waals surface area contributed by atoms with E-state index in [1.165, 1.54) is 7.11 Å². The monoisotopic (exact) mass is 471 g/mol. The third-order valence-electron chi connectivity index (χ3n) is 4.30. The molecular formula is C16H20F2INO3S. The van der Waals surface area contributed by atoms with Crippen molar-refractivity contribution in [1.29, 1.82) is 0 Å². The number of methoxy groups -OCH3 is 1. The number of carbonyl (C=O) groups is 2. The first-order chi connectivity index (χ1) is 11.3. The number of ether oxygens (including phenoxy) is 1. The van der Waals surface area contributed by atoms with Crippen molar-refractivity contribution >= 4 is 51.5 Å². The van der Waals surface area contributed by atoms with Crippen LogP contribution in [-0.2, 0) is 9.53 Å². The van der Waals surface area contributed by atoms with E-state index in [4.69, 9.17) is 4.74 Å². The first-order valence-electron chi connectivity index (χ1n) is 7.80. The number of hydrogen-bond donors (Lipinski definition) is 0. The van der Waals surface area contributed by atoms with Gasteiger partial charge in [-0.2, -0.15) is 0 Å². The van der Waals surface area contributed by atoms with Crippen LogP contribution in [0.1, 0.15) is 42.3 Å². The summed E-state index contributed by atoms with van der Waals surface area (Å²) >= 11 is 3.15. The Bertz CT molecular complexity index is 600. The fourth-order valence-corrected chi connectivity index (χ4v) is 4.73. The minimum atomic E-state index is -2.67. The minimum Gasteiger partial charge on any atom is -0.465 e. The van der Waals surface area contributed by atoms with Gasteiger partial charge in [-0.3, -0.25) is 4.79 Å². The molecule has 1 aromatic rings. The lowest BCUT2D eigenvalue weighted by atomic mass is 9.82. The van der Waals surface area contributed by atoms with E-state index in [1.807, 2.05) is 22.6 Å². The average Bonchev–Trinajstić information content (AvgIpc) is 2.93. The van der Waals surface area contributed by atoms with Crippen LogP contribution in [-0.4, -0.2) is 32.0 Å². The number of nitrogens with zero attached hydrogens (tertiary/aromatic N) is 1. The molecular weight excluding hydrogens is 451 g/mol. The molecule has 1 amide bonds. The smallest absolute Gasteiger partial charge is 0.350 e. The Morgan fingerprint density at radius 3 is 2.54 bits per heavy atom. The highest BCUT2D eigenvalue weighted by atomic mass is 127. The molecule has 0 aliphatic heterocycles. The Balaban J connectivity index is 2.31. The molecule has 0 N–H and O–H groups in total. The lowest BCUT2D eigenvalue weighted by Gasteiger charge is -2.31. The first-order valence-corrected chi connectivity index (χ1v) is 9.70. The van der Waals surface area contributed by atoms with Crippen molar-refractivity contribution in [2.75, 3.05) is 18.6 Å². The zero-order chi connectivity index (χ0) is 17.9. The van der Waals surface area contributed by atoms with Gasteiger partial charge in [0.15, 0.2) is 0 Å². The summed E-state index contributed by atoms with van der Waals surface area (Å²) in [5, 5.41) is 0. The van der Waals surface area contributed by atoms with E-state index in [9.17, 15) is 18.4 Å². The van der Waals surface area contributed by atoms with Crippen LogP contribution in [0.15, 0.2) is 6.07 Å². The number of halogens is 3. The first kappa shape index (κ1) is 19.6. The summed E-state index contributed by atoms with van der Waals surface area (Å²) < 4.78 is 31.6. The molecule has 1 fully saturated rings. The van der Waals surface area contributed by atoms with Crippen LogP contribution in [0.25, 0.3) is 0 Å². The molecule has 1 aliphatic carbocycles. The van der Waals surface area contributed by atoms with Crippen molar-refractivity contribution in [3.05, 3.63) is 13.8 Å². The van der Waals surface area contributed by atoms with E-state index < -0.39 is 18.9 Å². The number of carbonyl (C=O) groups excluding carboxylic acids is 2. The molecule has 0 spiro atoms. The van der Waals surface area contributed by atoms with Gasteiger partial charge in [-0.05, 0) is 60.3 Å². The lowest BCUT2D eigenvalue weighted by Crippen LogP contribution is -2.41. The second-order valence-corrected chi connectivity index (χ2v) is 9.00. The predicted molar refractivity (Wildman–Crippen MR) is 97.9 cm³/mol. The average molecular weight is 471 g/mol. The molecule has 1 aliphatic rings. The van der Waals surface area contributed by atoms with Gasteiger partial charge in [-0.25, -0.2) is 13.6 Å². The summed E-state index contributed by atoms with van der Waals surface area (Å²) in [6, 6.07) is 1.60. The second-order valence-electron chi connectivity index (χ2n) is 6.05. The molecule has 0 aromatic carbocycles. The molecule has 1 aromatic heterocycles. The maximum atomic E-state index is 13.1. The number of rotatable bonds is 5. The highest BCUT2D eigenvalue weighted by molar-refractivity contribution is 14.1. The van der Waals surface area contributed by atoms with Crippen LogP contribution < -0.4 is 4.90 Å².